The van der Waals surface area contributed by atoms with Gasteiger partial charge in [-0.2, -0.15) is 0 Å². The fourth-order valence-corrected chi connectivity index (χ4v) is 7.62. The van der Waals surface area contributed by atoms with Crippen molar-refractivity contribution in [2.24, 2.45) is 22.7 Å². The molecule has 2 N–H and O–H groups in total. The van der Waals surface area contributed by atoms with E-state index >= 15 is 0 Å². The largest absolute Gasteiger partial charge is 0.462 e. The van der Waals surface area contributed by atoms with Gasteiger partial charge in [0, 0.05) is 51.0 Å². The van der Waals surface area contributed by atoms with Gasteiger partial charge in [-0.1, -0.05) is 19.9 Å². The van der Waals surface area contributed by atoms with E-state index in [1.54, 1.807) is 19.9 Å². The van der Waals surface area contributed by atoms with Crippen LogP contribution in [0.2, 0.25) is 0 Å². The molecule has 3 rings (SSSR count). The predicted molar refractivity (Wildman–Crippen MR) is 125 cm³/mol. The van der Waals surface area contributed by atoms with Crippen molar-refractivity contribution in [3.05, 3.63) is 12.7 Å². The number of carbonyl (C=O) groups is 3. The molecule has 0 radical (unpaired) electrons. The van der Waals surface area contributed by atoms with E-state index < -0.39 is 76.2 Å². The lowest BCUT2D eigenvalue weighted by Crippen LogP contribution is -2.79. The molecule has 0 unspecified atom stereocenters. The van der Waals surface area contributed by atoms with E-state index in [-0.39, 0.29) is 13.0 Å². The lowest BCUT2D eigenvalue weighted by molar-refractivity contribution is -0.356. The lowest BCUT2D eigenvalue weighted by atomic mass is 9.41. The highest BCUT2D eigenvalue weighted by atomic mass is 16.6. The molecule has 1 aliphatic heterocycles. The summed E-state index contributed by atoms with van der Waals surface area (Å²) in [7, 11) is 0. The molecule has 3 aliphatic rings. The number of fused-ring (bicyclic) bond motifs is 3. The molecular weight excluding hydrogens is 456 g/mol. The fraction of sp³-hybridized carbons (Fsp3) is 0.808. The molecule has 2 saturated carbocycles. The number of rotatable bonds is 5. The predicted octanol–water partition coefficient (Wildman–Crippen LogP) is 2.31. The third-order valence-electron chi connectivity index (χ3n) is 8.76. The third kappa shape index (κ3) is 4.40. The van der Waals surface area contributed by atoms with Crippen LogP contribution in [0.15, 0.2) is 12.7 Å². The number of aliphatic hydroxyl groups excluding tert-OH is 2. The Morgan fingerprint density at radius 1 is 1.00 bits per heavy atom. The molecule has 9 nitrogen and oxygen atoms in total. The van der Waals surface area contributed by atoms with Crippen LogP contribution >= 0.6 is 0 Å². The first kappa shape index (κ1) is 27.6. The van der Waals surface area contributed by atoms with Crippen LogP contribution in [0.25, 0.3) is 0 Å². The van der Waals surface area contributed by atoms with Gasteiger partial charge in [0.1, 0.15) is 30.0 Å². The zero-order valence-corrected chi connectivity index (χ0v) is 21.8. The molecule has 0 amide bonds. The first-order valence-electron chi connectivity index (χ1n) is 12.2. The summed E-state index contributed by atoms with van der Waals surface area (Å²) in [4.78, 5) is 36.7. The average Bonchev–Trinajstić information content (AvgIpc) is 2.72. The smallest absolute Gasteiger partial charge is 0.303 e. The highest BCUT2D eigenvalue weighted by Crippen LogP contribution is 2.67. The second-order valence-electron chi connectivity index (χ2n) is 11.4. The number of hydrogen-bond acceptors (Lipinski definition) is 9. The van der Waals surface area contributed by atoms with E-state index in [0.29, 0.717) is 12.8 Å². The van der Waals surface area contributed by atoms with E-state index in [0.717, 1.165) is 0 Å². The van der Waals surface area contributed by atoms with Gasteiger partial charge in [-0.15, -0.1) is 6.58 Å². The van der Waals surface area contributed by atoms with E-state index in [1.165, 1.54) is 20.8 Å². The molecule has 35 heavy (non-hydrogen) atoms. The Bertz CT molecular complexity index is 888. The Morgan fingerprint density at radius 3 is 2.06 bits per heavy atom. The normalized spacial score (nSPS) is 47.0. The Balaban J connectivity index is 2.34. The van der Waals surface area contributed by atoms with E-state index in [4.69, 9.17) is 18.9 Å². The van der Waals surface area contributed by atoms with Gasteiger partial charge in [-0.3, -0.25) is 14.4 Å². The van der Waals surface area contributed by atoms with Crippen molar-refractivity contribution in [1.29, 1.82) is 0 Å². The summed E-state index contributed by atoms with van der Waals surface area (Å²) >= 11 is 0. The van der Waals surface area contributed by atoms with Crippen LogP contribution < -0.4 is 0 Å². The highest BCUT2D eigenvalue weighted by molar-refractivity contribution is 5.67. The van der Waals surface area contributed by atoms with Crippen LogP contribution in [0, 0.1) is 22.7 Å². The maximum absolute atomic E-state index is 12.2. The van der Waals surface area contributed by atoms with Crippen molar-refractivity contribution in [2.45, 2.75) is 103 Å². The second kappa shape index (κ2) is 9.16. The van der Waals surface area contributed by atoms with Crippen LogP contribution in [0.5, 0.6) is 0 Å². The second-order valence-corrected chi connectivity index (χ2v) is 11.4. The molecule has 0 aromatic heterocycles. The van der Waals surface area contributed by atoms with Crippen molar-refractivity contribution in [3.63, 3.8) is 0 Å². The minimum absolute atomic E-state index is 0.239. The summed E-state index contributed by atoms with van der Waals surface area (Å²) in [6.07, 6.45) is -0.998. The molecule has 2 aliphatic carbocycles. The van der Waals surface area contributed by atoms with Crippen LogP contribution in [-0.2, 0) is 33.3 Å². The van der Waals surface area contributed by atoms with Gasteiger partial charge in [0.25, 0.3) is 0 Å². The van der Waals surface area contributed by atoms with Gasteiger partial charge in [-0.25, -0.2) is 0 Å². The number of hydrogen-bond donors (Lipinski definition) is 2. The van der Waals surface area contributed by atoms with Crippen molar-refractivity contribution in [2.75, 3.05) is 6.61 Å². The topological polar surface area (TPSA) is 129 Å². The van der Waals surface area contributed by atoms with Crippen molar-refractivity contribution >= 4 is 17.9 Å². The first-order chi connectivity index (χ1) is 16.1. The Kier molecular flexibility index (Phi) is 7.23. The van der Waals surface area contributed by atoms with Gasteiger partial charge in [-0.05, 0) is 32.1 Å². The Morgan fingerprint density at radius 2 is 1.57 bits per heavy atom. The summed E-state index contributed by atoms with van der Waals surface area (Å²) in [6.45, 7) is 14.8. The molecule has 1 saturated heterocycles. The number of esters is 3. The van der Waals surface area contributed by atoms with Crippen LogP contribution in [0.1, 0.15) is 67.7 Å². The maximum atomic E-state index is 12.2. The summed E-state index contributed by atoms with van der Waals surface area (Å²) in [6, 6.07) is 0. The summed E-state index contributed by atoms with van der Waals surface area (Å²) in [5.41, 5.74) is -4.12. The standard InChI is InChI=1S/C26H40O9/c1-9-24(6)12-17(32-14(2)28)20-25(7)18(33-15(3)29)10-11-23(5,13-27)21(25)19(34-16(4)30)22(31)26(20,8)35-24/h9,17-22,27,31H,1,10-13H2,2-8H3/t17-,18-,19+,20-,21+,22+,23-,24+,25-,26+/m1/s1. The van der Waals surface area contributed by atoms with Crippen LogP contribution in [0.4, 0.5) is 0 Å². The van der Waals surface area contributed by atoms with Crippen molar-refractivity contribution in [3.8, 4) is 0 Å². The molecule has 9 heteroatoms. The molecule has 0 aromatic carbocycles. The summed E-state index contributed by atoms with van der Waals surface area (Å²) in [5, 5.41) is 22.4. The minimum atomic E-state index is -1.38. The molecule has 1 heterocycles. The Hall–Kier alpha value is -1.97. The molecule has 0 bridgehead atoms. The lowest BCUT2D eigenvalue weighted by Gasteiger charge is -2.70. The van der Waals surface area contributed by atoms with Crippen molar-refractivity contribution < 1.29 is 43.5 Å². The van der Waals surface area contributed by atoms with E-state index in [9.17, 15) is 24.6 Å². The highest BCUT2D eigenvalue weighted by Gasteiger charge is 2.75. The number of carbonyl (C=O) groups excluding carboxylic acids is 3. The minimum Gasteiger partial charge on any atom is -0.462 e. The SMILES string of the molecule is C=C[C@@]1(C)C[C@@H](OC(C)=O)[C@H]2[C@](C)(O1)[C@@H](O)[C@@H](OC(C)=O)[C@H]1[C@@](C)(CO)CC[C@@H](OC(C)=O)[C@@]12C. The van der Waals surface area contributed by atoms with Gasteiger partial charge >= 0.3 is 17.9 Å². The fourth-order valence-electron chi connectivity index (χ4n) is 7.62. The first-order valence-corrected chi connectivity index (χ1v) is 12.2. The molecule has 10 atom stereocenters. The number of aliphatic hydroxyl groups is 2. The maximum Gasteiger partial charge on any atom is 0.303 e. The quantitative estimate of drug-likeness (QED) is 0.335. The van der Waals surface area contributed by atoms with Gasteiger partial charge < -0.3 is 29.2 Å². The van der Waals surface area contributed by atoms with E-state index in [2.05, 4.69) is 6.58 Å². The molecular formula is C26H40O9. The van der Waals surface area contributed by atoms with Gasteiger partial charge in [0.2, 0.25) is 0 Å². The third-order valence-corrected chi connectivity index (χ3v) is 8.76. The van der Waals surface area contributed by atoms with Gasteiger partial charge in [0.15, 0.2) is 0 Å². The van der Waals surface area contributed by atoms with Crippen LogP contribution in [-0.4, -0.2) is 70.3 Å². The van der Waals surface area contributed by atoms with E-state index in [1.807, 2.05) is 13.8 Å². The molecule has 198 valence electrons. The molecule has 3 fully saturated rings. The van der Waals surface area contributed by atoms with Crippen LogP contribution in [0.3, 0.4) is 0 Å². The zero-order valence-electron chi connectivity index (χ0n) is 21.8. The summed E-state index contributed by atoms with van der Waals surface area (Å²) in [5.74, 6) is -2.85. The summed E-state index contributed by atoms with van der Waals surface area (Å²) < 4.78 is 24.1. The zero-order chi connectivity index (χ0) is 26.6. The monoisotopic (exact) mass is 496 g/mol. The Labute approximate surface area is 207 Å². The number of ether oxygens (including phenoxy) is 4. The van der Waals surface area contributed by atoms with Crippen molar-refractivity contribution in [1.82, 2.24) is 0 Å². The van der Waals surface area contributed by atoms with Gasteiger partial charge in [0.05, 0.1) is 5.60 Å². The molecule has 0 aromatic rings. The average molecular weight is 497 g/mol. The molecule has 0 spiro atoms.